The Morgan fingerprint density at radius 2 is 2.00 bits per heavy atom. The quantitative estimate of drug-likeness (QED) is 0.654. The zero-order valence-electron chi connectivity index (χ0n) is 11.7. The fourth-order valence-corrected chi connectivity index (χ4v) is 1.23. The van der Waals surface area contributed by atoms with Crippen molar-refractivity contribution in [2.24, 2.45) is 0 Å². The molecule has 0 aromatic heterocycles. The summed E-state index contributed by atoms with van der Waals surface area (Å²) in [5, 5.41) is 7.53. The van der Waals surface area contributed by atoms with Gasteiger partial charge in [-0.2, -0.15) is 0 Å². The van der Waals surface area contributed by atoms with E-state index in [9.17, 15) is 4.39 Å². The lowest BCUT2D eigenvalue weighted by Crippen LogP contribution is -2.25. The maximum absolute atomic E-state index is 13.2. The summed E-state index contributed by atoms with van der Waals surface area (Å²) in [6.45, 7) is 9.56. The van der Waals surface area contributed by atoms with E-state index in [1.165, 1.54) is 6.07 Å². The largest absolute Gasteiger partial charge is 0.481 e. The first-order valence-electron chi connectivity index (χ1n) is 6.19. The van der Waals surface area contributed by atoms with Crippen LogP contribution in [-0.2, 0) is 4.74 Å². The normalized spacial score (nSPS) is 11.0. The van der Waals surface area contributed by atoms with Crippen LogP contribution in [0.5, 0.6) is 5.75 Å². The van der Waals surface area contributed by atoms with Crippen molar-refractivity contribution < 1.29 is 13.9 Å². The number of rotatable bonds is 4. The molecule has 1 aromatic carbocycles. The van der Waals surface area contributed by atoms with E-state index in [0.717, 1.165) is 0 Å². The molecule has 0 saturated heterocycles. The van der Waals surface area contributed by atoms with Gasteiger partial charge in [0.15, 0.2) is 6.10 Å². The molecule has 1 unspecified atom stereocenters. The first-order valence-corrected chi connectivity index (χ1v) is 6.19. The Morgan fingerprint density at radius 1 is 1.39 bits per heavy atom. The summed E-state index contributed by atoms with van der Waals surface area (Å²) in [4.78, 5) is 0. The number of ether oxygens (including phenoxy) is 2. The molecule has 102 valence electrons. The van der Waals surface area contributed by atoms with Gasteiger partial charge in [0.1, 0.15) is 11.6 Å². The van der Waals surface area contributed by atoms with Crippen molar-refractivity contribution in [2.75, 3.05) is 6.61 Å². The van der Waals surface area contributed by atoms with Crippen LogP contribution in [0.1, 0.15) is 33.3 Å². The lowest BCUT2D eigenvalue weighted by atomic mass is 10.2. The van der Waals surface area contributed by atoms with E-state index < -0.39 is 6.10 Å². The Bertz CT molecular complexity index is 380. The molecule has 0 bridgehead atoms. The summed E-state index contributed by atoms with van der Waals surface area (Å²) in [5.41, 5.74) is 0.443. The highest BCUT2D eigenvalue weighted by atomic mass is 19.1. The smallest absolute Gasteiger partial charge is 0.222 e. The van der Waals surface area contributed by atoms with Gasteiger partial charge in [-0.1, -0.05) is 19.9 Å². The minimum Gasteiger partial charge on any atom is -0.481 e. The first-order chi connectivity index (χ1) is 8.56. The molecule has 0 heterocycles. The molecule has 18 heavy (non-hydrogen) atoms. The Hall–Kier alpha value is -1.58. The van der Waals surface area contributed by atoms with E-state index in [0.29, 0.717) is 17.9 Å². The minimum atomic E-state index is -0.513. The Morgan fingerprint density at radius 3 is 2.56 bits per heavy atom. The summed E-state index contributed by atoms with van der Waals surface area (Å²) < 4.78 is 23.7. The Balaban J connectivity index is 0.00000137. The predicted octanol–water partition coefficient (Wildman–Crippen LogP) is 3.94. The van der Waals surface area contributed by atoms with Gasteiger partial charge in [-0.25, -0.2) is 4.39 Å². The fourth-order valence-electron chi connectivity index (χ4n) is 1.23. The molecule has 1 atom stereocenters. The van der Waals surface area contributed by atoms with Gasteiger partial charge in [0, 0.05) is 5.56 Å². The third kappa shape index (κ3) is 4.73. The van der Waals surface area contributed by atoms with E-state index in [1.54, 1.807) is 32.9 Å². The lowest BCUT2D eigenvalue weighted by molar-refractivity contribution is 0.218. The van der Waals surface area contributed by atoms with Crippen molar-refractivity contribution >= 4 is 5.90 Å². The van der Waals surface area contributed by atoms with E-state index in [4.69, 9.17) is 14.9 Å². The van der Waals surface area contributed by atoms with Crippen LogP contribution >= 0.6 is 0 Å². The second kappa shape index (κ2) is 8.50. The monoisotopic (exact) mass is 255 g/mol. The van der Waals surface area contributed by atoms with Gasteiger partial charge in [0.2, 0.25) is 5.90 Å². The van der Waals surface area contributed by atoms with Gasteiger partial charge in [0.25, 0.3) is 0 Å². The molecule has 1 N–H and O–H groups in total. The van der Waals surface area contributed by atoms with Crippen LogP contribution in [0.2, 0.25) is 0 Å². The molecule has 0 amide bonds. The standard InChI is InChI=1S/C12H16FNO2.C2H6/c1-4-15-12(14)9(3)16-11-7-5-6-10(13)8(11)2;1-2/h5-7,9,14H,4H2,1-3H3;1-2H3. The van der Waals surface area contributed by atoms with Crippen LogP contribution in [0.4, 0.5) is 4.39 Å². The van der Waals surface area contributed by atoms with Gasteiger partial charge in [-0.3, -0.25) is 5.41 Å². The maximum Gasteiger partial charge on any atom is 0.222 e. The van der Waals surface area contributed by atoms with Crippen LogP contribution in [0.3, 0.4) is 0 Å². The molecule has 0 aliphatic heterocycles. The topological polar surface area (TPSA) is 42.3 Å². The second-order valence-electron chi connectivity index (χ2n) is 3.42. The molecule has 4 heteroatoms. The first kappa shape index (κ1) is 16.4. The fraction of sp³-hybridized carbons (Fsp3) is 0.500. The second-order valence-corrected chi connectivity index (χ2v) is 3.42. The van der Waals surface area contributed by atoms with E-state index in [1.807, 2.05) is 13.8 Å². The zero-order chi connectivity index (χ0) is 14.1. The molecule has 1 aromatic rings. The molecule has 0 fully saturated rings. The molecule has 0 aliphatic rings. The zero-order valence-corrected chi connectivity index (χ0v) is 11.7. The number of benzene rings is 1. The van der Waals surface area contributed by atoms with Crippen molar-refractivity contribution in [3.63, 3.8) is 0 Å². The maximum atomic E-state index is 13.2. The highest BCUT2D eigenvalue weighted by Crippen LogP contribution is 2.21. The van der Waals surface area contributed by atoms with E-state index in [-0.39, 0.29) is 11.7 Å². The lowest BCUT2D eigenvalue weighted by Gasteiger charge is -2.17. The van der Waals surface area contributed by atoms with Crippen molar-refractivity contribution in [1.29, 1.82) is 5.41 Å². The van der Waals surface area contributed by atoms with Crippen molar-refractivity contribution in [3.8, 4) is 5.75 Å². The van der Waals surface area contributed by atoms with Crippen LogP contribution in [-0.4, -0.2) is 18.6 Å². The minimum absolute atomic E-state index is 0.0474. The molecular weight excluding hydrogens is 233 g/mol. The van der Waals surface area contributed by atoms with E-state index in [2.05, 4.69) is 0 Å². The molecule has 0 saturated carbocycles. The van der Waals surface area contributed by atoms with Gasteiger partial charge in [-0.05, 0) is 32.9 Å². The van der Waals surface area contributed by atoms with Crippen molar-refractivity contribution in [2.45, 2.75) is 40.7 Å². The van der Waals surface area contributed by atoms with Crippen LogP contribution in [0, 0.1) is 18.2 Å². The molecule has 3 nitrogen and oxygen atoms in total. The van der Waals surface area contributed by atoms with Gasteiger partial charge < -0.3 is 9.47 Å². The van der Waals surface area contributed by atoms with Gasteiger partial charge in [-0.15, -0.1) is 0 Å². The number of hydrogen-bond acceptors (Lipinski definition) is 3. The highest BCUT2D eigenvalue weighted by molar-refractivity contribution is 5.77. The third-order valence-corrected chi connectivity index (χ3v) is 2.19. The van der Waals surface area contributed by atoms with Gasteiger partial charge in [0.05, 0.1) is 6.61 Å². The highest BCUT2D eigenvalue weighted by Gasteiger charge is 2.14. The van der Waals surface area contributed by atoms with Crippen LogP contribution in [0.15, 0.2) is 18.2 Å². The van der Waals surface area contributed by atoms with Crippen LogP contribution in [0.25, 0.3) is 0 Å². The molecule has 0 aliphatic carbocycles. The molecule has 1 rings (SSSR count). The predicted molar refractivity (Wildman–Crippen MR) is 71.9 cm³/mol. The number of hydrogen-bond donors (Lipinski definition) is 1. The average Bonchev–Trinajstić information content (AvgIpc) is 2.37. The molecule has 0 spiro atoms. The summed E-state index contributed by atoms with van der Waals surface area (Å²) >= 11 is 0. The number of halogens is 1. The summed E-state index contributed by atoms with van der Waals surface area (Å²) in [5.74, 6) is 0.177. The van der Waals surface area contributed by atoms with Gasteiger partial charge >= 0.3 is 0 Å². The van der Waals surface area contributed by atoms with Crippen molar-refractivity contribution in [3.05, 3.63) is 29.6 Å². The van der Waals surface area contributed by atoms with Crippen LogP contribution < -0.4 is 4.74 Å². The Kier molecular flexibility index (Phi) is 7.76. The SMILES string of the molecule is CC.CCOC(=N)C(C)Oc1cccc(F)c1C. The summed E-state index contributed by atoms with van der Waals surface area (Å²) in [6, 6.07) is 4.63. The number of nitrogens with one attached hydrogen (secondary N) is 1. The Labute approximate surface area is 108 Å². The van der Waals surface area contributed by atoms with Crippen molar-refractivity contribution in [1.82, 2.24) is 0 Å². The molecule has 0 radical (unpaired) electrons. The summed E-state index contributed by atoms with van der Waals surface area (Å²) in [6.07, 6.45) is -0.513. The summed E-state index contributed by atoms with van der Waals surface area (Å²) in [7, 11) is 0. The average molecular weight is 255 g/mol. The third-order valence-electron chi connectivity index (χ3n) is 2.19. The van der Waals surface area contributed by atoms with E-state index >= 15 is 0 Å². The molecular formula is C14H22FNO2.